The van der Waals surface area contributed by atoms with Crippen molar-refractivity contribution in [3.05, 3.63) is 23.8 Å². The molecule has 2 aromatic rings. The topological polar surface area (TPSA) is 101 Å². The van der Waals surface area contributed by atoms with Gasteiger partial charge in [0.2, 0.25) is 21.1 Å². The molecule has 0 spiro atoms. The van der Waals surface area contributed by atoms with Gasteiger partial charge in [-0.1, -0.05) is 11.8 Å². The Hall–Kier alpha value is -1.98. The predicted molar refractivity (Wildman–Crippen MR) is 102 cm³/mol. The third kappa shape index (κ3) is 3.99. The van der Waals surface area contributed by atoms with Gasteiger partial charge in [-0.3, -0.25) is 4.79 Å². The molecule has 0 bridgehead atoms. The minimum absolute atomic E-state index is 0.0465. The normalized spacial score (nSPS) is 14.4. The van der Waals surface area contributed by atoms with Crippen molar-refractivity contribution in [1.82, 2.24) is 24.5 Å². The Labute approximate surface area is 162 Å². The number of benzene rings is 1. The molecule has 27 heavy (non-hydrogen) atoms. The van der Waals surface area contributed by atoms with Crippen LogP contribution in [0.3, 0.4) is 0 Å². The number of sulfonamides is 1. The van der Waals surface area contributed by atoms with E-state index >= 15 is 0 Å². The van der Waals surface area contributed by atoms with Crippen LogP contribution in [-0.4, -0.2) is 65.2 Å². The van der Waals surface area contributed by atoms with E-state index in [4.69, 9.17) is 0 Å². The summed E-state index contributed by atoms with van der Waals surface area (Å²) in [5.41, 5.74) is 1.65. The average Bonchev–Trinajstić information content (AvgIpc) is 3.12. The summed E-state index contributed by atoms with van der Waals surface area (Å²) in [6.07, 6.45) is 1.54. The second-order valence-electron chi connectivity index (χ2n) is 6.29. The molecular formula is C16H22N6O3S2. The molecule has 3 rings (SSSR count). The summed E-state index contributed by atoms with van der Waals surface area (Å²) >= 11 is 1.30. The van der Waals surface area contributed by atoms with Crippen LogP contribution in [0.15, 0.2) is 28.3 Å². The maximum Gasteiger partial charge on any atom is 0.242 e. The lowest BCUT2D eigenvalue weighted by Gasteiger charge is -2.30. The third-order valence-corrected chi connectivity index (χ3v) is 7.13. The summed E-state index contributed by atoms with van der Waals surface area (Å²) in [5.74, 6) is 0.173. The van der Waals surface area contributed by atoms with E-state index in [1.165, 1.54) is 30.2 Å². The van der Waals surface area contributed by atoms with Crippen molar-refractivity contribution in [3.63, 3.8) is 0 Å². The summed E-state index contributed by atoms with van der Waals surface area (Å²) in [6, 6.07) is 4.96. The number of aryl methyl sites for hydroxylation is 2. The van der Waals surface area contributed by atoms with Crippen molar-refractivity contribution >= 4 is 33.4 Å². The first-order valence-corrected chi connectivity index (χ1v) is 11.0. The van der Waals surface area contributed by atoms with E-state index in [0.29, 0.717) is 18.2 Å². The fraction of sp³-hybridized carbons (Fsp3) is 0.500. The zero-order chi connectivity index (χ0) is 19.6. The van der Waals surface area contributed by atoms with Gasteiger partial charge in [0.1, 0.15) is 0 Å². The van der Waals surface area contributed by atoms with Gasteiger partial charge in [-0.25, -0.2) is 17.4 Å². The number of rotatable bonds is 6. The lowest BCUT2D eigenvalue weighted by Crippen LogP contribution is -2.37. The average molecular weight is 411 g/mol. The molecule has 0 aliphatic carbocycles. The molecule has 9 nitrogen and oxygen atoms in total. The second-order valence-corrected chi connectivity index (χ2v) is 9.39. The molecule has 0 fully saturated rings. The molecule has 0 radical (unpaired) electrons. The molecule has 0 saturated carbocycles. The van der Waals surface area contributed by atoms with E-state index in [2.05, 4.69) is 15.5 Å². The smallest absolute Gasteiger partial charge is 0.242 e. The van der Waals surface area contributed by atoms with E-state index in [1.807, 2.05) is 6.92 Å². The van der Waals surface area contributed by atoms with Gasteiger partial charge in [-0.2, -0.15) is 0 Å². The molecule has 1 aliphatic heterocycles. The van der Waals surface area contributed by atoms with Crippen LogP contribution < -0.4 is 4.90 Å². The maximum atomic E-state index is 12.7. The molecule has 1 aliphatic rings. The largest absolute Gasteiger partial charge is 0.311 e. The van der Waals surface area contributed by atoms with E-state index in [-0.39, 0.29) is 16.6 Å². The summed E-state index contributed by atoms with van der Waals surface area (Å²) in [5, 5.41) is 12.0. The van der Waals surface area contributed by atoms with Crippen molar-refractivity contribution < 1.29 is 13.2 Å². The van der Waals surface area contributed by atoms with Crippen LogP contribution in [0.2, 0.25) is 0 Å². The van der Waals surface area contributed by atoms with Crippen LogP contribution in [-0.2, 0) is 27.8 Å². The minimum Gasteiger partial charge on any atom is -0.311 e. The van der Waals surface area contributed by atoms with Crippen molar-refractivity contribution in [2.45, 2.75) is 36.4 Å². The molecule has 1 aromatic carbocycles. The Balaban J connectivity index is 1.79. The zero-order valence-electron chi connectivity index (χ0n) is 15.5. The molecule has 11 heteroatoms. The van der Waals surface area contributed by atoms with Crippen LogP contribution in [0.1, 0.15) is 18.9 Å². The maximum absolute atomic E-state index is 12.7. The number of hydrogen-bond donors (Lipinski definition) is 0. The van der Waals surface area contributed by atoms with Gasteiger partial charge in [0.05, 0.1) is 10.6 Å². The number of tetrazole rings is 1. The molecule has 2 heterocycles. The number of hydrogen-bond acceptors (Lipinski definition) is 7. The predicted octanol–water partition coefficient (Wildman–Crippen LogP) is 1.01. The van der Waals surface area contributed by atoms with Gasteiger partial charge >= 0.3 is 0 Å². The molecule has 1 amide bonds. The third-order valence-electron chi connectivity index (χ3n) is 4.37. The van der Waals surface area contributed by atoms with E-state index in [9.17, 15) is 13.2 Å². The molecule has 0 N–H and O–H groups in total. The Morgan fingerprint density at radius 2 is 2.11 bits per heavy atom. The summed E-state index contributed by atoms with van der Waals surface area (Å²) in [6.45, 7) is 3.19. The number of carbonyl (C=O) groups excluding carboxylic acids is 1. The SMILES string of the molecule is CCn1nnnc1SCC(=O)N1CCCc2cc(S(=O)(=O)N(C)C)ccc21. The van der Waals surface area contributed by atoms with Crippen molar-refractivity contribution in [3.8, 4) is 0 Å². The fourth-order valence-electron chi connectivity index (χ4n) is 2.91. The van der Waals surface area contributed by atoms with Crippen LogP contribution in [0.4, 0.5) is 5.69 Å². The van der Waals surface area contributed by atoms with Gasteiger partial charge in [0.15, 0.2) is 0 Å². The summed E-state index contributed by atoms with van der Waals surface area (Å²) in [4.78, 5) is 14.7. The molecular weight excluding hydrogens is 388 g/mol. The number of aromatic nitrogens is 4. The summed E-state index contributed by atoms with van der Waals surface area (Å²) in [7, 11) is -0.483. The second kappa shape index (κ2) is 7.95. The lowest BCUT2D eigenvalue weighted by atomic mass is 10.0. The minimum atomic E-state index is -3.49. The van der Waals surface area contributed by atoms with Gasteiger partial charge < -0.3 is 4.90 Å². The number of nitrogens with zero attached hydrogens (tertiary/aromatic N) is 6. The van der Waals surface area contributed by atoms with Crippen LogP contribution in [0.5, 0.6) is 0 Å². The molecule has 0 saturated heterocycles. The van der Waals surface area contributed by atoms with E-state index in [0.717, 1.165) is 24.1 Å². The first-order valence-electron chi connectivity index (χ1n) is 8.59. The highest BCUT2D eigenvalue weighted by Crippen LogP contribution is 2.31. The molecule has 146 valence electrons. The molecule has 0 atom stereocenters. The van der Waals surface area contributed by atoms with Gasteiger partial charge in [-0.15, -0.1) is 5.10 Å². The molecule has 0 unspecified atom stereocenters. The Morgan fingerprint density at radius 1 is 1.33 bits per heavy atom. The number of amides is 1. The Kier molecular flexibility index (Phi) is 5.82. The van der Waals surface area contributed by atoms with Gasteiger partial charge in [0.25, 0.3) is 0 Å². The highest BCUT2D eigenvalue weighted by Gasteiger charge is 2.26. The van der Waals surface area contributed by atoms with E-state index in [1.54, 1.807) is 27.8 Å². The van der Waals surface area contributed by atoms with Crippen LogP contribution in [0.25, 0.3) is 0 Å². The van der Waals surface area contributed by atoms with Gasteiger partial charge in [0, 0.05) is 32.9 Å². The number of thioether (sulfide) groups is 1. The quantitative estimate of drug-likeness (QED) is 0.655. The monoisotopic (exact) mass is 410 g/mol. The van der Waals surface area contributed by atoms with Crippen LogP contribution >= 0.6 is 11.8 Å². The van der Waals surface area contributed by atoms with Crippen molar-refractivity contribution in [2.75, 3.05) is 31.3 Å². The van der Waals surface area contributed by atoms with E-state index < -0.39 is 10.0 Å². The van der Waals surface area contributed by atoms with Gasteiger partial charge in [-0.05, 0) is 54.0 Å². The molecule has 1 aromatic heterocycles. The Morgan fingerprint density at radius 3 is 2.81 bits per heavy atom. The van der Waals surface area contributed by atoms with Crippen molar-refractivity contribution in [1.29, 1.82) is 0 Å². The lowest BCUT2D eigenvalue weighted by molar-refractivity contribution is -0.116. The summed E-state index contributed by atoms with van der Waals surface area (Å²) < 4.78 is 27.5. The zero-order valence-corrected chi connectivity index (χ0v) is 17.1. The number of anilines is 1. The fourth-order valence-corrected chi connectivity index (χ4v) is 4.68. The number of carbonyl (C=O) groups is 1. The highest BCUT2D eigenvalue weighted by molar-refractivity contribution is 7.99. The van der Waals surface area contributed by atoms with Crippen LogP contribution in [0, 0.1) is 0 Å². The highest BCUT2D eigenvalue weighted by atomic mass is 32.2. The first kappa shape index (κ1) is 19.8. The Bertz CT molecular complexity index is 941. The first-order chi connectivity index (χ1) is 12.8. The van der Waals surface area contributed by atoms with Crippen molar-refractivity contribution in [2.24, 2.45) is 0 Å². The standard InChI is InChI=1S/C16H22N6O3S2/c1-4-22-16(17-18-19-22)26-11-15(23)21-9-5-6-12-10-13(7-8-14(12)21)27(24,25)20(2)3/h7-8,10H,4-6,9,11H2,1-3H3. The number of fused-ring (bicyclic) bond motifs is 1.